The Labute approximate surface area is 197 Å². The summed E-state index contributed by atoms with van der Waals surface area (Å²) in [6, 6.07) is 21.1. The third-order valence-corrected chi connectivity index (χ3v) is 8.12. The van der Waals surface area contributed by atoms with Gasteiger partial charge in [-0.25, -0.2) is 8.42 Å². The molecule has 1 saturated heterocycles. The van der Waals surface area contributed by atoms with Gasteiger partial charge in [-0.3, -0.25) is 14.4 Å². The van der Waals surface area contributed by atoms with Crippen LogP contribution in [-0.4, -0.2) is 20.1 Å². The summed E-state index contributed by atoms with van der Waals surface area (Å²) in [5, 5.41) is 0.310. The lowest BCUT2D eigenvalue weighted by molar-refractivity contribution is -0.115. The molecule has 0 saturated carbocycles. The van der Waals surface area contributed by atoms with Crippen LogP contribution in [0.15, 0.2) is 77.7 Å². The monoisotopic (exact) mass is 486 g/mol. The summed E-state index contributed by atoms with van der Waals surface area (Å²) in [5.41, 5.74) is 3.44. The van der Waals surface area contributed by atoms with Crippen molar-refractivity contribution in [1.82, 2.24) is 0 Å². The Kier molecular flexibility index (Phi) is 6.51. The molecule has 0 radical (unpaired) electrons. The van der Waals surface area contributed by atoms with Crippen LogP contribution in [0.5, 0.6) is 0 Å². The van der Waals surface area contributed by atoms with Gasteiger partial charge in [-0.05, 0) is 59.5 Å². The van der Waals surface area contributed by atoms with Crippen LogP contribution in [0, 0.1) is 0 Å². The minimum atomic E-state index is -3.72. The number of nitrogens with zero attached hydrogens (tertiary/aromatic N) is 1. The summed E-state index contributed by atoms with van der Waals surface area (Å²) in [4.78, 5) is 14.8. The molecule has 166 valence electrons. The molecule has 0 unspecified atom stereocenters. The molecule has 1 heterocycles. The molecule has 1 atom stereocenters. The number of anilines is 2. The molecule has 0 aromatic heterocycles. The zero-order chi connectivity index (χ0) is 22.9. The second kappa shape index (κ2) is 9.17. The van der Waals surface area contributed by atoms with Crippen LogP contribution in [0.25, 0.3) is 0 Å². The Morgan fingerprint density at radius 1 is 1.00 bits per heavy atom. The molecule has 1 fully saturated rings. The fourth-order valence-electron chi connectivity index (χ4n) is 3.67. The molecule has 32 heavy (non-hydrogen) atoms. The van der Waals surface area contributed by atoms with E-state index in [0.29, 0.717) is 16.5 Å². The number of para-hydroxylation sites is 1. The number of thioether (sulfide) groups is 1. The van der Waals surface area contributed by atoms with Gasteiger partial charge in [-0.1, -0.05) is 55.8 Å². The van der Waals surface area contributed by atoms with Crippen molar-refractivity contribution in [2.45, 2.75) is 30.0 Å². The van der Waals surface area contributed by atoms with E-state index < -0.39 is 10.0 Å². The molecule has 0 spiro atoms. The number of hydrogen-bond donors (Lipinski definition) is 1. The summed E-state index contributed by atoms with van der Waals surface area (Å²) >= 11 is 7.42. The Morgan fingerprint density at radius 3 is 2.31 bits per heavy atom. The molecular formula is C24H23ClN2O3S2. The van der Waals surface area contributed by atoms with Gasteiger partial charge in [0.05, 0.1) is 10.6 Å². The standard InChI is InChI=1S/C24H23ClN2O3S2/c1-16(2)21-5-3-4-6-22(21)27-23(28)15-31-24(27)17-7-11-19(12-8-17)26-32(29,30)20-13-9-18(25)10-14-20/h3-14,16,24,26H,15H2,1-2H3/t24-/m1/s1. The molecule has 8 heteroatoms. The number of benzene rings is 3. The Balaban J connectivity index is 1.58. The number of nitrogens with one attached hydrogen (secondary N) is 1. The normalized spacial score (nSPS) is 16.6. The lowest BCUT2D eigenvalue weighted by Gasteiger charge is -2.27. The van der Waals surface area contributed by atoms with Crippen LogP contribution in [0.1, 0.15) is 36.3 Å². The van der Waals surface area contributed by atoms with Gasteiger partial charge in [0.25, 0.3) is 10.0 Å². The molecule has 0 aliphatic carbocycles. The van der Waals surface area contributed by atoms with Gasteiger partial charge in [-0.2, -0.15) is 0 Å². The van der Waals surface area contributed by atoms with E-state index in [4.69, 9.17) is 11.6 Å². The van der Waals surface area contributed by atoms with E-state index in [-0.39, 0.29) is 22.1 Å². The molecule has 3 aromatic rings. The maximum absolute atomic E-state index is 12.8. The maximum Gasteiger partial charge on any atom is 0.261 e. The van der Waals surface area contributed by atoms with Gasteiger partial charge in [0.15, 0.2) is 0 Å². The first-order chi connectivity index (χ1) is 15.3. The molecular weight excluding hydrogens is 464 g/mol. The predicted octanol–water partition coefficient (Wildman–Crippen LogP) is 6.04. The second-order valence-corrected chi connectivity index (χ2v) is 11.0. The van der Waals surface area contributed by atoms with Crippen molar-refractivity contribution >= 4 is 50.7 Å². The summed E-state index contributed by atoms with van der Waals surface area (Å²) in [6.07, 6.45) is 0. The Bertz CT molecular complexity index is 1230. The van der Waals surface area contributed by atoms with Gasteiger partial charge < -0.3 is 0 Å². The molecule has 0 bridgehead atoms. The zero-order valence-corrected chi connectivity index (χ0v) is 20.0. The van der Waals surface area contributed by atoms with E-state index in [9.17, 15) is 13.2 Å². The van der Waals surface area contributed by atoms with Crippen LogP contribution >= 0.6 is 23.4 Å². The topological polar surface area (TPSA) is 66.5 Å². The number of halogens is 1. The highest BCUT2D eigenvalue weighted by Gasteiger charge is 2.35. The number of amides is 1. The average Bonchev–Trinajstić information content (AvgIpc) is 3.15. The Hall–Kier alpha value is -2.48. The minimum Gasteiger partial charge on any atom is -0.295 e. The fourth-order valence-corrected chi connectivity index (χ4v) is 6.02. The first-order valence-corrected chi connectivity index (χ1v) is 13.1. The van der Waals surface area contributed by atoms with E-state index in [2.05, 4.69) is 24.6 Å². The highest BCUT2D eigenvalue weighted by atomic mass is 35.5. The number of carbonyl (C=O) groups excluding carboxylic acids is 1. The van der Waals surface area contributed by atoms with E-state index >= 15 is 0 Å². The van der Waals surface area contributed by atoms with Gasteiger partial charge in [0.2, 0.25) is 5.91 Å². The molecule has 1 aliphatic rings. The molecule has 3 aromatic carbocycles. The third-order valence-electron chi connectivity index (χ3n) is 5.26. The van der Waals surface area contributed by atoms with Crippen LogP contribution in [0.4, 0.5) is 11.4 Å². The lowest BCUT2D eigenvalue weighted by Crippen LogP contribution is -2.29. The molecule has 5 nitrogen and oxygen atoms in total. The molecule has 1 N–H and O–H groups in total. The second-order valence-electron chi connectivity index (χ2n) is 7.82. The number of rotatable bonds is 6. The van der Waals surface area contributed by atoms with Crippen LogP contribution in [0.2, 0.25) is 5.02 Å². The smallest absolute Gasteiger partial charge is 0.261 e. The number of sulfonamides is 1. The fraction of sp³-hybridized carbons (Fsp3) is 0.208. The van der Waals surface area contributed by atoms with Gasteiger partial charge in [-0.15, -0.1) is 11.8 Å². The maximum atomic E-state index is 12.8. The Morgan fingerprint density at radius 2 is 1.66 bits per heavy atom. The van der Waals surface area contributed by atoms with Crippen LogP contribution < -0.4 is 9.62 Å². The van der Waals surface area contributed by atoms with Crippen LogP contribution in [-0.2, 0) is 14.8 Å². The summed E-state index contributed by atoms with van der Waals surface area (Å²) < 4.78 is 27.8. The number of hydrogen-bond acceptors (Lipinski definition) is 4. The highest BCUT2D eigenvalue weighted by molar-refractivity contribution is 8.00. The number of carbonyl (C=O) groups is 1. The summed E-state index contributed by atoms with van der Waals surface area (Å²) in [7, 11) is -3.72. The SMILES string of the molecule is CC(C)c1ccccc1N1C(=O)CS[C@@H]1c1ccc(NS(=O)(=O)c2ccc(Cl)cc2)cc1. The predicted molar refractivity (Wildman–Crippen MR) is 132 cm³/mol. The van der Waals surface area contributed by atoms with Crippen molar-refractivity contribution in [1.29, 1.82) is 0 Å². The van der Waals surface area contributed by atoms with Gasteiger partial charge in [0, 0.05) is 16.4 Å². The van der Waals surface area contributed by atoms with Crippen molar-refractivity contribution < 1.29 is 13.2 Å². The largest absolute Gasteiger partial charge is 0.295 e. The van der Waals surface area contributed by atoms with Crippen LogP contribution in [0.3, 0.4) is 0 Å². The van der Waals surface area contributed by atoms with Crippen molar-refractivity contribution in [2.24, 2.45) is 0 Å². The molecule has 1 amide bonds. The molecule has 1 aliphatic heterocycles. The third kappa shape index (κ3) is 4.65. The van der Waals surface area contributed by atoms with Gasteiger partial charge in [0.1, 0.15) is 5.37 Å². The molecule has 4 rings (SSSR count). The van der Waals surface area contributed by atoms with E-state index in [0.717, 1.165) is 16.8 Å². The lowest BCUT2D eigenvalue weighted by atomic mass is 10.00. The van der Waals surface area contributed by atoms with Crippen molar-refractivity contribution in [3.8, 4) is 0 Å². The van der Waals surface area contributed by atoms with E-state index in [1.165, 1.54) is 24.3 Å². The van der Waals surface area contributed by atoms with Gasteiger partial charge >= 0.3 is 0 Å². The average molecular weight is 487 g/mol. The summed E-state index contributed by atoms with van der Waals surface area (Å²) in [6.45, 7) is 4.23. The minimum absolute atomic E-state index is 0.0700. The van der Waals surface area contributed by atoms with E-state index in [1.54, 1.807) is 23.9 Å². The highest BCUT2D eigenvalue weighted by Crippen LogP contribution is 2.44. The zero-order valence-electron chi connectivity index (χ0n) is 17.7. The summed E-state index contributed by atoms with van der Waals surface area (Å²) in [5.74, 6) is 0.762. The van der Waals surface area contributed by atoms with Crippen molar-refractivity contribution in [3.63, 3.8) is 0 Å². The first kappa shape index (κ1) is 22.7. The van der Waals surface area contributed by atoms with Crippen molar-refractivity contribution in [3.05, 3.63) is 88.9 Å². The van der Waals surface area contributed by atoms with E-state index in [1.807, 2.05) is 35.2 Å². The first-order valence-electron chi connectivity index (χ1n) is 10.2. The van der Waals surface area contributed by atoms with Crippen molar-refractivity contribution in [2.75, 3.05) is 15.4 Å². The quantitative estimate of drug-likeness (QED) is 0.461.